The van der Waals surface area contributed by atoms with E-state index in [0.717, 1.165) is 6.42 Å². The lowest BCUT2D eigenvalue weighted by atomic mass is 10.5. The van der Waals surface area contributed by atoms with Crippen LogP contribution in [0.15, 0.2) is 22.8 Å². The summed E-state index contributed by atoms with van der Waals surface area (Å²) in [4.78, 5) is 11.9. The average Bonchev–Trinajstić information content (AvgIpc) is 2.96. The zero-order valence-corrected chi connectivity index (χ0v) is 10.5. The van der Waals surface area contributed by atoms with Gasteiger partial charge in [0.25, 0.3) is 0 Å². The molecule has 8 heteroatoms. The number of hydrazine groups is 1. The monoisotopic (exact) mass is 265 g/mol. The van der Waals surface area contributed by atoms with E-state index in [0.29, 0.717) is 12.4 Å². The Morgan fingerprint density at radius 1 is 1.26 bits per heavy atom. The number of ether oxygens (including phenoxy) is 2. The maximum Gasteiger partial charge on any atom is 0.324 e. The zero-order valence-electron chi connectivity index (χ0n) is 10.5. The van der Waals surface area contributed by atoms with Crippen molar-refractivity contribution in [3.8, 4) is 12.0 Å². The molecule has 0 unspecified atom stereocenters. The third kappa shape index (κ3) is 3.81. The zero-order chi connectivity index (χ0) is 13.5. The molecule has 2 aromatic heterocycles. The first-order chi connectivity index (χ1) is 9.31. The van der Waals surface area contributed by atoms with Crippen molar-refractivity contribution in [3.63, 3.8) is 0 Å². The smallest absolute Gasteiger partial charge is 0.324 e. The van der Waals surface area contributed by atoms with Crippen molar-refractivity contribution in [1.82, 2.24) is 15.0 Å². The Kier molecular flexibility index (Phi) is 4.51. The quantitative estimate of drug-likeness (QED) is 0.566. The molecule has 0 saturated carbocycles. The van der Waals surface area contributed by atoms with Crippen LogP contribution < -0.4 is 20.7 Å². The fourth-order valence-electron chi connectivity index (χ4n) is 1.26. The summed E-state index contributed by atoms with van der Waals surface area (Å²) in [6.07, 6.45) is 2.41. The van der Waals surface area contributed by atoms with Gasteiger partial charge >= 0.3 is 12.0 Å². The van der Waals surface area contributed by atoms with Crippen molar-refractivity contribution in [2.24, 2.45) is 5.84 Å². The molecule has 0 atom stereocenters. The van der Waals surface area contributed by atoms with Crippen molar-refractivity contribution in [1.29, 1.82) is 0 Å². The van der Waals surface area contributed by atoms with Crippen LogP contribution in [0.3, 0.4) is 0 Å². The first kappa shape index (κ1) is 13.1. The fourth-order valence-corrected chi connectivity index (χ4v) is 1.26. The number of nitrogens with two attached hydrogens (primary N) is 1. The van der Waals surface area contributed by atoms with Crippen LogP contribution in [0.4, 0.5) is 5.95 Å². The van der Waals surface area contributed by atoms with Gasteiger partial charge in [0.05, 0.1) is 12.9 Å². The summed E-state index contributed by atoms with van der Waals surface area (Å²) in [5.74, 6) is 6.12. The second kappa shape index (κ2) is 6.55. The van der Waals surface area contributed by atoms with Crippen LogP contribution in [0.1, 0.15) is 19.1 Å². The van der Waals surface area contributed by atoms with Crippen LogP contribution in [0.25, 0.3) is 0 Å². The Hall–Kier alpha value is -2.35. The van der Waals surface area contributed by atoms with Gasteiger partial charge < -0.3 is 13.9 Å². The lowest BCUT2D eigenvalue weighted by molar-refractivity contribution is 0.236. The Labute approximate surface area is 109 Å². The van der Waals surface area contributed by atoms with Gasteiger partial charge in [-0.2, -0.15) is 9.97 Å². The molecule has 2 heterocycles. The van der Waals surface area contributed by atoms with Crippen LogP contribution >= 0.6 is 0 Å². The molecule has 0 aliphatic heterocycles. The van der Waals surface area contributed by atoms with Gasteiger partial charge in [-0.05, 0) is 18.6 Å². The van der Waals surface area contributed by atoms with Gasteiger partial charge in [-0.3, -0.25) is 5.43 Å². The molecule has 0 radical (unpaired) electrons. The van der Waals surface area contributed by atoms with E-state index in [1.807, 2.05) is 6.92 Å². The number of anilines is 1. The lowest BCUT2D eigenvalue weighted by Crippen LogP contribution is -2.13. The van der Waals surface area contributed by atoms with E-state index in [1.165, 1.54) is 0 Å². The van der Waals surface area contributed by atoms with E-state index in [2.05, 4.69) is 20.4 Å². The number of nitrogens with one attached hydrogen (secondary N) is 1. The number of rotatable bonds is 7. The standard InChI is InChI=1S/C11H15N5O3/c1-2-5-18-10-13-9(16-12)14-11(15-10)19-7-8-4-3-6-17-8/h3-4,6H,2,5,7,12H2,1H3,(H,13,14,15,16). The van der Waals surface area contributed by atoms with Gasteiger partial charge in [-0.15, -0.1) is 4.98 Å². The molecule has 0 aromatic carbocycles. The number of furan rings is 1. The molecule has 102 valence electrons. The number of nitrogens with zero attached hydrogens (tertiary/aromatic N) is 3. The highest BCUT2D eigenvalue weighted by Gasteiger charge is 2.08. The minimum Gasteiger partial charge on any atom is -0.466 e. The summed E-state index contributed by atoms with van der Waals surface area (Å²) in [5.41, 5.74) is 2.33. The normalized spacial score (nSPS) is 10.2. The van der Waals surface area contributed by atoms with E-state index in [1.54, 1.807) is 18.4 Å². The molecule has 0 amide bonds. The molecule has 2 aromatic rings. The van der Waals surface area contributed by atoms with Gasteiger partial charge in [-0.25, -0.2) is 5.84 Å². The first-order valence-corrected chi connectivity index (χ1v) is 5.82. The summed E-state index contributed by atoms with van der Waals surface area (Å²) in [6.45, 7) is 2.71. The third-order valence-corrected chi connectivity index (χ3v) is 2.08. The van der Waals surface area contributed by atoms with E-state index in [4.69, 9.17) is 19.7 Å². The Bertz CT molecular complexity index is 503. The van der Waals surface area contributed by atoms with Gasteiger partial charge in [0.2, 0.25) is 5.95 Å². The molecule has 0 bridgehead atoms. The first-order valence-electron chi connectivity index (χ1n) is 5.82. The summed E-state index contributed by atoms with van der Waals surface area (Å²) < 4.78 is 15.8. The molecule has 3 N–H and O–H groups in total. The van der Waals surface area contributed by atoms with Crippen LogP contribution in [0.2, 0.25) is 0 Å². The van der Waals surface area contributed by atoms with Gasteiger partial charge in [0.15, 0.2) is 0 Å². The predicted molar refractivity (Wildman–Crippen MR) is 66.5 cm³/mol. The van der Waals surface area contributed by atoms with Gasteiger partial charge in [0.1, 0.15) is 12.4 Å². The SMILES string of the molecule is CCCOc1nc(NN)nc(OCc2ccco2)n1. The average molecular weight is 265 g/mol. The predicted octanol–water partition coefficient (Wildman–Crippen LogP) is 1.12. The number of nitrogen functional groups attached to an aromatic ring is 1. The minimum absolute atomic E-state index is 0.116. The number of hydrogen-bond acceptors (Lipinski definition) is 8. The fraction of sp³-hybridized carbons (Fsp3) is 0.364. The molecule has 8 nitrogen and oxygen atoms in total. The third-order valence-electron chi connectivity index (χ3n) is 2.08. The molecule has 0 aliphatic rings. The molecule has 0 spiro atoms. The molecule has 19 heavy (non-hydrogen) atoms. The van der Waals surface area contributed by atoms with E-state index in [9.17, 15) is 0 Å². The van der Waals surface area contributed by atoms with Crippen molar-refractivity contribution in [2.75, 3.05) is 12.0 Å². The maximum atomic E-state index is 5.38. The van der Waals surface area contributed by atoms with Crippen LogP contribution in [0.5, 0.6) is 12.0 Å². The Morgan fingerprint density at radius 3 is 2.68 bits per heavy atom. The molecular formula is C11H15N5O3. The number of hydrogen-bond donors (Lipinski definition) is 2. The van der Waals surface area contributed by atoms with Crippen LogP contribution in [-0.4, -0.2) is 21.6 Å². The summed E-state index contributed by atoms with van der Waals surface area (Å²) in [7, 11) is 0. The molecule has 0 fully saturated rings. The summed E-state index contributed by atoms with van der Waals surface area (Å²) in [5, 5.41) is 0. The minimum atomic E-state index is 0.116. The van der Waals surface area contributed by atoms with E-state index >= 15 is 0 Å². The van der Waals surface area contributed by atoms with Gasteiger partial charge in [0, 0.05) is 0 Å². The highest BCUT2D eigenvalue weighted by Crippen LogP contribution is 2.14. The van der Waals surface area contributed by atoms with Crippen LogP contribution in [-0.2, 0) is 6.61 Å². The van der Waals surface area contributed by atoms with Gasteiger partial charge in [-0.1, -0.05) is 6.92 Å². The molecule has 2 rings (SSSR count). The lowest BCUT2D eigenvalue weighted by Gasteiger charge is -2.07. The second-order valence-corrected chi connectivity index (χ2v) is 3.59. The topological polar surface area (TPSA) is 108 Å². The molecule has 0 aliphatic carbocycles. The highest BCUT2D eigenvalue weighted by molar-refractivity contribution is 5.25. The van der Waals surface area contributed by atoms with Crippen molar-refractivity contribution < 1.29 is 13.9 Å². The summed E-state index contributed by atoms with van der Waals surface area (Å²) in [6, 6.07) is 3.84. The Balaban J connectivity index is 2.05. The van der Waals surface area contributed by atoms with E-state index < -0.39 is 0 Å². The van der Waals surface area contributed by atoms with Crippen molar-refractivity contribution >= 4 is 5.95 Å². The van der Waals surface area contributed by atoms with Crippen LogP contribution in [0, 0.1) is 0 Å². The second-order valence-electron chi connectivity index (χ2n) is 3.59. The molecule has 0 saturated heterocycles. The van der Waals surface area contributed by atoms with E-state index in [-0.39, 0.29) is 24.6 Å². The van der Waals surface area contributed by atoms with Crippen molar-refractivity contribution in [2.45, 2.75) is 20.0 Å². The maximum absolute atomic E-state index is 5.38. The number of aromatic nitrogens is 3. The summed E-state index contributed by atoms with van der Waals surface area (Å²) >= 11 is 0. The Morgan fingerprint density at radius 2 is 2.05 bits per heavy atom. The van der Waals surface area contributed by atoms with Crippen molar-refractivity contribution in [3.05, 3.63) is 24.2 Å². The highest BCUT2D eigenvalue weighted by atomic mass is 16.5. The largest absolute Gasteiger partial charge is 0.466 e. The molecular weight excluding hydrogens is 250 g/mol.